The summed E-state index contributed by atoms with van der Waals surface area (Å²) in [5, 5.41) is 2.65. The van der Waals surface area contributed by atoms with Gasteiger partial charge in [-0.1, -0.05) is 0 Å². The number of nitrogens with zero attached hydrogens (tertiary/aromatic N) is 2. The van der Waals surface area contributed by atoms with Gasteiger partial charge in [0.25, 0.3) is 5.91 Å². The average molecular weight is 329 g/mol. The van der Waals surface area contributed by atoms with Crippen LogP contribution >= 0.6 is 0 Å². The van der Waals surface area contributed by atoms with Crippen molar-refractivity contribution in [2.45, 2.75) is 20.0 Å². The molecule has 0 saturated heterocycles. The summed E-state index contributed by atoms with van der Waals surface area (Å²) in [7, 11) is 0. The molecule has 3 rings (SSSR count). The maximum absolute atomic E-state index is 12.1. The topological polar surface area (TPSA) is 99.6 Å². The van der Waals surface area contributed by atoms with Crippen molar-refractivity contribution >= 4 is 17.6 Å². The first-order chi connectivity index (χ1) is 11.5. The van der Waals surface area contributed by atoms with E-state index < -0.39 is 18.0 Å². The third kappa shape index (κ3) is 3.43. The number of carbonyl (C=O) groups is 2. The largest absolute Gasteiger partial charge is 0.454 e. The molecule has 1 aliphatic rings. The van der Waals surface area contributed by atoms with E-state index in [1.165, 1.54) is 19.3 Å². The fourth-order valence-electron chi connectivity index (χ4n) is 1.99. The minimum Gasteiger partial charge on any atom is -0.454 e. The Hall–Kier alpha value is -3.16. The zero-order valence-corrected chi connectivity index (χ0v) is 13.1. The molecule has 8 heteroatoms. The standard InChI is InChI=1S/C16H15N3O5/c1-9-6-18-12(7-17-9)16(21)24-10(2)15(20)19-11-3-4-13-14(5-11)23-8-22-13/h3-7,10H,8H2,1-2H3,(H,19,20). The summed E-state index contributed by atoms with van der Waals surface area (Å²) < 4.78 is 15.5. The summed E-state index contributed by atoms with van der Waals surface area (Å²) in [4.78, 5) is 32.0. The summed E-state index contributed by atoms with van der Waals surface area (Å²) in [6, 6.07) is 5.00. The number of hydrogen-bond donors (Lipinski definition) is 1. The van der Waals surface area contributed by atoms with Gasteiger partial charge >= 0.3 is 5.97 Å². The third-order valence-corrected chi connectivity index (χ3v) is 3.28. The van der Waals surface area contributed by atoms with Gasteiger partial charge in [0, 0.05) is 18.0 Å². The van der Waals surface area contributed by atoms with Crippen LogP contribution in [0.25, 0.3) is 0 Å². The minimum absolute atomic E-state index is 0.0447. The van der Waals surface area contributed by atoms with Gasteiger partial charge in [-0.05, 0) is 26.0 Å². The molecule has 1 aromatic heterocycles. The number of rotatable bonds is 4. The Labute approximate surface area is 137 Å². The van der Waals surface area contributed by atoms with Crippen molar-refractivity contribution in [2.75, 3.05) is 12.1 Å². The van der Waals surface area contributed by atoms with Gasteiger partial charge in [0.2, 0.25) is 6.79 Å². The number of esters is 1. The Morgan fingerprint density at radius 3 is 2.75 bits per heavy atom. The lowest BCUT2D eigenvalue weighted by molar-refractivity contribution is -0.123. The number of ether oxygens (including phenoxy) is 3. The van der Waals surface area contributed by atoms with Gasteiger partial charge in [-0.15, -0.1) is 0 Å². The molecule has 1 unspecified atom stereocenters. The van der Waals surface area contributed by atoms with E-state index in [9.17, 15) is 9.59 Å². The Balaban J connectivity index is 1.60. The Morgan fingerprint density at radius 2 is 2.00 bits per heavy atom. The van der Waals surface area contributed by atoms with Crippen molar-refractivity contribution in [3.8, 4) is 11.5 Å². The molecule has 2 heterocycles. The monoisotopic (exact) mass is 329 g/mol. The summed E-state index contributed by atoms with van der Waals surface area (Å²) in [6.45, 7) is 3.38. The third-order valence-electron chi connectivity index (χ3n) is 3.28. The molecule has 0 fully saturated rings. The fraction of sp³-hybridized carbons (Fsp3) is 0.250. The molecule has 1 amide bonds. The van der Waals surface area contributed by atoms with E-state index >= 15 is 0 Å². The molecular weight excluding hydrogens is 314 g/mol. The maximum atomic E-state index is 12.1. The summed E-state index contributed by atoms with van der Waals surface area (Å²) in [6.07, 6.45) is 1.76. The highest BCUT2D eigenvalue weighted by Crippen LogP contribution is 2.34. The van der Waals surface area contributed by atoms with Crippen LogP contribution in [0.4, 0.5) is 5.69 Å². The van der Waals surface area contributed by atoms with E-state index in [-0.39, 0.29) is 12.5 Å². The number of fused-ring (bicyclic) bond motifs is 1. The number of aromatic nitrogens is 2. The minimum atomic E-state index is -0.994. The van der Waals surface area contributed by atoms with Gasteiger partial charge in [-0.2, -0.15) is 0 Å². The molecule has 0 bridgehead atoms. The van der Waals surface area contributed by atoms with Crippen LogP contribution in [0.2, 0.25) is 0 Å². The first-order valence-electron chi connectivity index (χ1n) is 7.23. The van der Waals surface area contributed by atoms with Gasteiger partial charge < -0.3 is 19.5 Å². The molecular formula is C16H15N3O5. The molecule has 2 aromatic rings. The fourth-order valence-corrected chi connectivity index (χ4v) is 1.99. The van der Waals surface area contributed by atoms with E-state index in [1.54, 1.807) is 25.1 Å². The predicted molar refractivity (Wildman–Crippen MR) is 82.8 cm³/mol. The highest BCUT2D eigenvalue weighted by atomic mass is 16.7. The van der Waals surface area contributed by atoms with Crippen LogP contribution in [0.3, 0.4) is 0 Å². The molecule has 0 aliphatic carbocycles. The number of hydrogen-bond acceptors (Lipinski definition) is 7. The molecule has 0 radical (unpaired) electrons. The zero-order chi connectivity index (χ0) is 17.1. The molecule has 124 valence electrons. The lowest BCUT2D eigenvalue weighted by Gasteiger charge is -2.13. The smallest absolute Gasteiger partial charge is 0.359 e. The van der Waals surface area contributed by atoms with Gasteiger partial charge in [0.05, 0.1) is 11.9 Å². The van der Waals surface area contributed by atoms with Crippen molar-refractivity contribution in [1.29, 1.82) is 0 Å². The quantitative estimate of drug-likeness (QED) is 0.852. The molecule has 0 spiro atoms. The number of carbonyl (C=O) groups excluding carboxylic acids is 2. The van der Waals surface area contributed by atoms with Gasteiger partial charge in [-0.3, -0.25) is 9.78 Å². The Morgan fingerprint density at radius 1 is 1.21 bits per heavy atom. The van der Waals surface area contributed by atoms with Crippen LogP contribution < -0.4 is 14.8 Å². The number of nitrogens with one attached hydrogen (secondary N) is 1. The van der Waals surface area contributed by atoms with E-state index in [0.717, 1.165) is 0 Å². The molecule has 8 nitrogen and oxygen atoms in total. The van der Waals surface area contributed by atoms with Crippen molar-refractivity contribution in [3.05, 3.63) is 42.0 Å². The highest BCUT2D eigenvalue weighted by Gasteiger charge is 2.21. The average Bonchev–Trinajstić information content (AvgIpc) is 3.03. The summed E-state index contributed by atoms with van der Waals surface area (Å²) in [5.74, 6) is -0.0177. The number of benzene rings is 1. The second-order valence-electron chi connectivity index (χ2n) is 5.15. The summed E-state index contributed by atoms with van der Waals surface area (Å²) in [5.41, 5.74) is 1.24. The SMILES string of the molecule is Cc1cnc(C(=O)OC(C)C(=O)Nc2ccc3c(c2)OCO3)cn1. The predicted octanol–water partition coefficient (Wildman–Crippen LogP) is 1.70. The maximum Gasteiger partial charge on any atom is 0.359 e. The second-order valence-corrected chi connectivity index (χ2v) is 5.15. The lowest BCUT2D eigenvalue weighted by atomic mass is 10.2. The zero-order valence-electron chi connectivity index (χ0n) is 13.1. The highest BCUT2D eigenvalue weighted by molar-refractivity contribution is 5.97. The molecule has 1 aromatic carbocycles. The van der Waals surface area contributed by atoms with Gasteiger partial charge in [-0.25, -0.2) is 9.78 Å². The Kier molecular flexibility index (Phi) is 4.28. The first kappa shape index (κ1) is 15.7. The normalized spacial score (nSPS) is 13.2. The van der Waals surface area contributed by atoms with Crippen LogP contribution in [-0.2, 0) is 9.53 Å². The second kappa shape index (κ2) is 6.53. The van der Waals surface area contributed by atoms with Crippen LogP contribution in [0, 0.1) is 6.92 Å². The lowest BCUT2D eigenvalue weighted by Crippen LogP contribution is -2.30. The van der Waals surface area contributed by atoms with Gasteiger partial charge in [0.1, 0.15) is 0 Å². The molecule has 1 N–H and O–H groups in total. The molecule has 24 heavy (non-hydrogen) atoms. The first-order valence-corrected chi connectivity index (χ1v) is 7.23. The van der Waals surface area contributed by atoms with E-state index in [4.69, 9.17) is 14.2 Å². The van der Waals surface area contributed by atoms with Crippen molar-refractivity contribution in [3.63, 3.8) is 0 Å². The molecule has 0 saturated carbocycles. The van der Waals surface area contributed by atoms with Crippen LogP contribution in [0.15, 0.2) is 30.6 Å². The van der Waals surface area contributed by atoms with Crippen molar-refractivity contribution in [2.24, 2.45) is 0 Å². The van der Waals surface area contributed by atoms with Crippen LogP contribution in [0.1, 0.15) is 23.1 Å². The van der Waals surface area contributed by atoms with E-state index in [2.05, 4.69) is 15.3 Å². The number of aryl methyl sites for hydroxylation is 1. The summed E-state index contributed by atoms with van der Waals surface area (Å²) >= 11 is 0. The van der Waals surface area contributed by atoms with Crippen LogP contribution in [-0.4, -0.2) is 34.7 Å². The van der Waals surface area contributed by atoms with Crippen molar-refractivity contribution in [1.82, 2.24) is 9.97 Å². The molecule has 1 aliphatic heterocycles. The van der Waals surface area contributed by atoms with Gasteiger partial charge in [0.15, 0.2) is 23.3 Å². The number of anilines is 1. The van der Waals surface area contributed by atoms with E-state index in [0.29, 0.717) is 22.9 Å². The van der Waals surface area contributed by atoms with E-state index in [1.807, 2.05) is 0 Å². The van der Waals surface area contributed by atoms with Crippen LogP contribution in [0.5, 0.6) is 11.5 Å². The number of amides is 1. The van der Waals surface area contributed by atoms with Crippen molar-refractivity contribution < 1.29 is 23.8 Å². The Bertz CT molecular complexity index is 776. The molecule has 1 atom stereocenters.